The maximum atomic E-state index is 12.8. The van der Waals surface area contributed by atoms with Crippen LogP contribution in [0.5, 0.6) is 0 Å². The summed E-state index contributed by atoms with van der Waals surface area (Å²) in [6, 6.07) is -0.660. The van der Waals surface area contributed by atoms with Crippen LogP contribution in [0.4, 0.5) is 13.2 Å². The maximum absolute atomic E-state index is 12.8. The highest BCUT2D eigenvalue weighted by molar-refractivity contribution is 7.89. The van der Waals surface area contributed by atoms with Gasteiger partial charge in [0.2, 0.25) is 10.0 Å². The minimum atomic E-state index is -4.59. The molecule has 2 heterocycles. The van der Waals surface area contributed by atoms with E-state index in [0.717, 1.165) is 6.20 Å². The van der Waals surface area contributed by atoms with E-state index in [1.54, 1.807) is 0 Å². The molecule has 6 nitrogen and oxygen atoms in total. The number of halogens is 3. The van der Waals surface area contributed by atoms with Crippen molar-refractivity contribution in [1.29, 1.82) is 0 Å². The van der Waals surface area contributed by atoms with E-state index in [9.17, 15) is 21.6 Å². The van der Waals surface area contributed by atoms with Crippen LogP contribution >= 0.6 is 0 Å². The number of hydrogen-bond acceptors (Lipinski definition) is 4. The summed E-state index contributed by atoms with van der Waals surface area (Å²) in [5.41, 5.74) is 0.233. The van der Waals surface area contributed by atoms with E-state index in [2.05, 4.69) is 15.5 Å². The molecule has 2 rings (SSSR count). The normalized spacial score (nSPS) is 18.3. The lowest BCUT2D eigenvalue weighted by atomic mass is 10.1. The Hall–Kier alpha value is -1.13. The molecule has 0 aliphatic carbocycles. The predicted molar refractivity (Wildman–Crippen MR) is 69.2 cm³/mol. The van der Waals surface area contributed by atoms with E-state index in [1.807, 2.05) is 0 Å². The van der Waals surface area contributed by atoms with Crippen LogP contribution in [0.1, 0.15) is 18.5 Å². The van der Waals surface area contributed by atoms with Gasteiger partial charge in [0.25, 0.3) is 0 Å². The van der Waals surface area contributed by atoms with Gasteiger partial charge in [-0.05, 0) is 32.9 Å². The van der Waals surface area contributed by atoms with Crippen molar-refractivity contribution in [2.45, 2.75) is 36.9 Å². The van der Waals surface area contributed by atoms with Crippen LogP contribution in [-0.4, -0.2) is 54.8 Å². The Morgan fingerprint density at radius 2 is 2.00 bits per heavy atom. The third-order valence-electron chi connectivity index (χ3n) is 3.42. The number of sulfonamides is 1. The number of piperidine rings is 1. The summed E-state index contributed by atoms with van der Waals surface area (Å²) >= 11 is 0. The lowest BCUT2D eigenvalue weighted by Gasteiger charge is -2.33. The first-order valence-corrected chi connectivity index (χ1v) is 7.95. The van der Waals surface area contributed by atoms with Gasteiger partial charge in [0, 0.05) is 6.04 Å². The second kappa shape index (κ2) is 5.93. The zero-order valence-electron chi connectivity index (χ0n) is 11.4. The van der Waals surface area contributed by atoms with Crippen molar-refractivity contribution in [2.24, 2.45) is 0 Å². The van der Waals surface area contributed by atoms with Crippen molar-refractivity contribution in [1.82, 2.24) is 19.8 Å². The van der Waals surface area contributed by atoms with Crippen LogP contribution in [0.2, 0.25) is 0 Å². The summed E-state index contributed by atoms with van der Waals surface area (Å²) in [4.78, 5) is -0.203. The Kier molecular flexibility index (Phi) is 4.59. The number of aromatic amines is 1. The van der Waals surface area contributed by atoms with Gasteiger partial charge in [-0.15, -0.1) is 0 Å². The van der Waals surface area contributed by atoms with Gasteiger partial charge < -0.3 is 5.32 Å². The molecule has 0 radical (unpaired) electrons. The van der Waals surface area contributed by atoms with Crippen LogP contribution in [0, 0.1) is 6.92 Å². The van der Waals surface area contributed by atoms with E-state index in [1.165, 1.54) is 6.92 Å². The van der Waals surface area contributed by atoms with Crippen molar-refractivity contribution in [3.05, 3.63) is 11.9 Å². The van der Waals surface area contributed by atoms with Crippen LogP contribution in [-0.2, 0) is 10.0 Å². The largest absolute Gasteiger partial charge is 0.402 e. The molecule has 0 aromatic carbocycles. The molecule has 1 aliphatic heterocycles. The van der Waals surface area contributed by atoms with Gasteiger partial charge in [-0.25, -0.2) is 8.42 Å². The average Bonchev–Trinajstić information content (AvgIpc) is 2.83. The zero-order chi connectivity index (χ0) is 15.7. The lowest BCUT2D eigenvalue weighted by molar-refractivity contribution is -0.140. The fourth-order valence-corrected chi connectivity index (χ4v) is 4.20. The molecule has 0 bridgehead atoms. The first-order chi connectivity index (χ1) is 9.72. The topological polar surface area (TPSA) is 78.1 Å². The smallest absolute Gasteiger partial charge is 0.317 e. The Morgan fingerprint density at radius 1 is 1.38 bits per heavy atom. The fraction of sp³-hybridized carbons (Fsp3) is 0.727. The van der Waals surface area contributed by atoms with E-state index in [-0.39, 0.29) is 10.6 Å². The first kappa shape index (κ1) is 16.2. The molecule has 21 heavy (non-hydrogen) atoms. The van der Waals surface area contributed by atoms with Crippen LogP contribution < -0.4 is 5.32 Å². The number of hydrogen-bond donors (Lipinski definition) is 2. The average molecular weight is 326 g/mol. The van der Waals surface area contributed by atoms with Gasteiger partial charge in [-0.2, -0.15) is 22.6 Å². The van der Waals surface area contributed by atoms with Gasteiger partial charge in [0.05, 0.1) is 11.9 Å². The number of rotatable bonds is 4. The Balaban J connectivity index is 2.36. The summed E-state index contributed by atoms with van der Waals surface area (Å²) < 4.78 is 64.0. The van der Waals surface area contributed by atoms with Gasteiger partial charge in [-0.1, -0.05) is 0 Å². The van der Waals surface area contributed by atoms with Crippen LogP contribution in [0.3, 0.4) is 0 Å². The summed E-state index contributed by atoms with van der Waals surface area (Å²) in [6.07, 6.45) is -2.83. The monoisotopic (exact) mass is 326 g/mol. The van der Waals surface area contributed by atoms with Crippen molar-refractivity contribution in [2.75, 3.05) is 19.6 Å². The molecule has 1 fully saturated rings. The van der Waals surface area contributed by atoms with Crippen LogP contribution in [0.15, 0.2) is 11.1 Å². The molecule has 10 heteroatoms. The third kappa shape index (κ3) is 3.74. The van der Waals surface area contributed by atoms with Crippen molar-refractivity contribution < 1.29 is 21.6 Å². The summed E-state index contributed by atoms with van der Waals surface area (Å²) in [5, 5.41) is 9.04. The molecule has 0 unspecified atom stereocenters. The quantitative estimate of drug-likeness (QED) is 0.866. The molecule has 1 aliphatic rings. The fourth-order valence-electron chi connectivity index (χ4n) is 2.41. The minimum absolute atomic E-state index is 0.203. The maximum Gasteiger partial charge on any atom is 0.402 e. The standard InChI is InChI=1S/C11H17F3N4O2S/c1-8-10(6-16-17-8)21(19,20)18(7-11(12,13)14)9-2-4-15-5-3-9/h6,9,15H,2-5,7H2,1H3,(H,16,17). The molecule has 0 amide bonds. The number of aryl methyl sites for hydroxylation is 1. The third-order valence-corrected chi connectivity index (χ3v) is 5.43. The molecule has 2 N–H and O–H groups in total. The molecular formula is C11H17F3N4O2S. The first-order valence-electron chi connectivity index (χ1n) is 6.51. The Labute approximate surface area is 120 Å². The number of nitrogens with zero attached hydrogens (tertiary/aromatic N) is 2. The molecule has 1 saturated heterocycles. The molecule has 1 aromatic rings. The highest BCUT2D eigenvalue weighted by Gasteiger charge is 2.41. The number of H-pyrrole nitrogens is 1. The van der Waals surface area contributed by atoms with Gasteiger partial charge >= 0.3 is 6.18 Å². The molecule has 0 atom stereocenters. The lowest BCUT2D eigenvalue weighted by Crippen LogP contribution is -2.49. The van der Waals surface area contributed by atoms with Gasteiger partial charge in [-0.3, -0.25) is 5.10 Å². The summed E-state index contributed by atoms with van der Waals surface area (Å²) in [7, 11) is -4.23. The van der Waals surface area contributed by atoms with Crippen molar-refractivity contribution in [3.63, 3.8) is 0 Å². The number of alkyl halides is 3. The number of nitrogens with one attached hydrogen (secondary N) is 2. The SMILES string of the molecule is Cc1[nH]ncc1S(=O)(=O)N(CC(F)(F)F)C1CCNCC1. The zero-order valence-corrected chi connectivity index (χ0v) is 12.3. The second-order valence-electron chi connectivity index (χ2n) is 5.01. The molecule has 0 saturated carbocycles. The van der Waals surface area contributed by atoms with E-state index < -0.39 is 28.8 Å². The Bertz CT molecular complexity index is 579. The Morgan fingerprint density at radius 3 is 2.48 bits per heavy atom. The second-order valence-corrected chi connectivity index (χ2v) is 6.86. The van der Waals surface area contributed by atoms with Crippen molar-refractivity contribution >= 4 is 10.0 Å². The van der Waals surface area contributed by atoms with Gasteiger partial charge in [0.1, 0.15) is 11.4 Å². The summed E-state index contributed by atoms with van der Waals surface area (Å²) in [5.74, 6) is 0. The highest BCUT2D eigenvalue weighted by atomic mass is 32.2. The predicted octanol–water partition coefficient (Wildman–Crippen LogP) is 1.02. The number of aromatic nitrogens is 2. The van der Waals surface area contributed by atoms with Crippen LogP contribution in [0.25, 0.3) is 0 Å². The van der Waals surface area contributed by atoms with E-state index >= 15 is 0 Å². The summed E-state index contributed by atoms with van der Waals surface area (Å²) in [6.45, 7) is 0.983. The van der Waals surface area contributed by atoms with Crippen molar-refractivity contribution in [3.8, 4) is 0 Å². The molecule has 120 valence electrons. The molecular weight excluding hydrogens is 309 g/mol. The van der Waals surface area contributed by atoms with E-state index in [4.69, 9.17) is 0 Å². The van der Waals surface area contributed by atoms with Gasteiger partial charge in [0.15, 0.2) is 0 Å². The van der Waals surface area contributed by atoms with E-state index in [0.29, 0.717) is 30.2 Å². The highest BCUT2D eigenvalue weighted by Crippen LogP contribution is 2.28. The minimum Gasteiger partial charge on any atom is -0.317 e. The molecule has 0 spiro atoms. The molecule has 1 aromatic heterocycles.